The van der Waals surface area contributed by atoms with Crippen LogP contribution in [0, 0.1) is 5.92 Å². The van der Waals surface area contributed by atoms with E-state index in [1.54, 1.807) is 30.3 Å². The second kappa shape index (κ2) is 13.5. The summed E-state index contributed by atoms with van der Waals surface area (Å²) in [7, 11) is -3.70. The normalized spacial score (nSPS) is 11.2. The summed E-state index contributed by atoms with van der Waals surface area (Å²) in [5.41, 5.74) is 0.937. The number of carbonyl (C=O) groups is 1. The summed E-state index contributed by atoms with van der Waals surface area (Å²) in [5.74, 6) is 0.815. The summed E-state index contributed by atoms with van der Waals surface area (Å²) in [6.45, 7) is 12.4. The lowest BCUT2D eigenvalue weighted by atomic mass is 10.1. The van der Waals surface area contributed by atoms with E-state index >= 15 is 0 Å². The number of rotatable bonds is 12. The number of halogens is 1. The highest BCUT2D eigenvalue weighted by Gasteiger charge is 2.22. The van der Waals surface area contributed by atoms with Gasteiger partial charge in [0.2, 0.25) is 10.0 Å². The first-order valence-electron chi connectivity index (χ1n) is 10.9. The monoisotopic (exact) mass is 579 g/mol. The fraction of sp³-hybridized carbons (Fsp3) is 0.280. The van der Waals surface area contributed by atoms with Gasteiger partial charge in [-0.2, -0.15) is 4.31 Å². The number of thiocarbonyl (C=S) groups is 1. The van der Waals surface area contributed by atoms with Crippen LogP contribution >= 0.6 is 28.1 Å². The summed E-state index contributed by atoms with van der Waals surface area (Å²) >= 11 is 8.68. The highest BCUT2D eigenvalue weighted by atomic mass is 79.9. The summed E-state index contributed by atoms with van der Waals surface area (Å²) in [6.07, 6.45) is 3.97. The van der Waals surface area contributed by atoms with E-state index in [2.05, 4.69) is 53.6 Å². The van der Waals surface area contributed by atoms with E-state index < -0.39 is 10.0 Å². The summed E-state index contributed by atoms with van der Waals surface area (Å²) in [6, 6.07) is 11.1. The van der Waals surface area contributed by atoms with Crippen LogP contribution in [0.15, 0.2) is 77.1 Å². The Balaban J connectivity index is 2.00. The number of nitrogens with one attached hydrogen (secondary N) is 2. The van der Waals surface area contributed by atoms with E-state index in [0.717, 1.165) is 6.42 Å². The summed E-state index contributed by atoms with van der Waals surface area (Å²) in [4.78, 5) is 12.7. The van der Waals surface area contributed by atoms with Crippen molar-refractivity contribution < 1.29 is 17.9 Å². The summed E-state index contributed by atoms with van der Waals surface area (Å²) in [5, 5.41) is 5.59. The van der Waals surface area contributed by atoms with Gasteiger partial charge in [-0.3, -0.25) is 10.1 Å². The Kier molecular flexibility index (Phi) is 11.1. The molecule has 2 aromatic rings. The molecule has 0 radical (unpaired) electrons. The van der Waals surface area contributed by atoms with Crippen LogP contribution in [0.4, 0.5) is 5.69 Å². The van der Waals surface area contributed by atoms with E-state index in [0.29, 0.717) is 34.0 Å². The van der Waals surface area contributed by atoms with E-state index in [-0.39, 0.29) is 29.0 Å². The number of carbonyl (C=O) groups excluding carboxylic acids is 1. The van der Waals surface area contributed by atoms with Gasteiger partial charge < -0.3 is 10.1 Å². The fourth-order valence-corrected chi connectivity index (χ4v) is 5.00. The average Bonchev–Trinajstić information content (AvgIpc) is 2.80. The molecular weight excluding hydrogens is 550 g/mol. The molecule has 0 aliphatic heterocycles. The maximum Gasteiger partial charge on any atom is 0.257 e. The number of sulfonamides is 1. The Labute approximate surface area is 221 Å². The zero-order valence-corrected chi connectivity index (χ0v) is 23.0. The van der Waals surface area contributed by atoms with Crippen molar-refractivity contribution in [1.82, 2.24) is 9.62 Å². The number of amides is 1. The van der Waals surface area contributed by atoms with Crippen molar-refractivity contribution in [3.8, 4) is 5.75 Å². The van der Waals surface area contributed by atoms with Gasteiger partial charge in [0, 0.05) is 24.3 Å². The molecule has 7 nitrogen and oxygen atoms in total. The molecule has 0 aliphatic rings. The number of hydrogen-bond donors (Lipinski definition) is 2. The van der Waals surface area contributed by atoms with E-state index in [4.69, 9.17) is 17.0 Å². The van der Waals surface area contributed by atoms with Crippen LogP contribution in [0.25, 0.3) is 0 Å². The van der Waals surface area contributed by atoms with Gasteiger partial charge in [0.05, 0.1) is 16.0 Å². The van der Waals surface area contributed by atoms with Crippen LogP contribution in [-0.2, 0) is 10.0 Å². The Morgan fingerprint density at radius 3 is 2.31 bits per heavy atom. The zero-order valence-electron chi connectivity index (χ0n) is 19.8. The molecule has 1 amide bonds. The average molecular weight is 581 g/mol. The zero-order chi connectivity index (χ0) is 26.0. The molecule has 0 heterocycles. The van der Waals surface area contributed by atoms with Crippen molar-refractivity contribution in [2.75, 3.05) is 25.0 Å². The number of nitrogens with zero attached hydrogens (tertiary/aromatic N) is 1. The minimum Gasteiger partial charge on any atom is -0.492 e. The lowest BCUT2D eigenvalue weighted by Crippen LogP contribution is -2.34. The maximum atomic E-state index is 12.8. The molecule has 35 heavy (non-hydrogen) atoms. The third kappa shape index (κ3) is 8.57. The lowest BCUT2D eigenvalue weighted by molar-refractivity contribution is 0.0977. The molecule has 0 fully saturated rings. The second-order valence-electron chi connectivity index (χ2n) is 8.01. The second-order valence-corrected chi connectivity index (χ2v) is 11.2. The van der Waals surface area contributed by atoms with Gasteiger partial charge in [-0.05, 0) is 83.0 Å². The Bertz CT molecular complexity index is 1160. The van der Waals surface area contributed by atoms with Crippen molar-refractivity contribution in [2.24, 2.45) is 5.92 Å². The molecule has 2 N–H and O–H groups in total. The van der Waals surface area contributed by atoms with Crippen LogP contribution < -0.4 is 15.4 Å². The Hall–Kier alpha value is -2.53. The number of benzene rings is 2. The van der Waals surface area contributed by atoms with Crippen molar-refractivity contribution >= 4 is 54.9 Å². The first-order valence-corrected chi connectivity index (χ1v) is 13.6. The minimum atomic E-state index is -3.70. The topological polar surface area (TPSA) is 87.7 Å². The molecule has 0 atom stereocenters. The third-order valence-corrected chi connectivity index (χ3v) is 7.46. The Morgan fingerprint density at radius 1 is 1.14 bits per heavy atom. The molecule has 2 aromatic carbocycles. The molecule has 10 heteroatoms. The number of anilines is 1. The van der Waals surface area contributed by atoms with Crippen molar-refractivity contribution in [3.05, 3.63) is 77.8 Å². The first-order chi connectivity index (χ1) is 16.6. The molecule has 0 aliphatic carbocycles. The number of ether oxygens (including phenoxy) is 1. The van der Waals surface area contributed by atoms with Crippen LogP contribution in [0.1, 0.15) is 30.6 Å². The molecule has 0 saturated carbocycles. The van der Waals surface area contributed by atoms with Gasteiger partial charge in [0.25, 0.3) is 5.91 Å². The predicted octanol–water partition coefficient (Wildman–Crippen LogP) is 5.36. The quantitative estimate of drug-likeness (QED) is 0.260. The molecule has 188 valence electrons. The maximum absolute atomic E-state index is 12.8. The highest BCUT2D eigenvalue weighted by Crippen LogP contribution is 2.26. The summed E-state index contributed by atoms with van der Waals surface area (Å²) < 4.78 is 33.3. The standard InChI is InChI=1S/C25H30BrN3O4S2/c1-5-14-29(15-6-2)35(31,32)21-10-8-20(9-11-21)27-25(34)28-24(30)19-7-12-23(22(26)17-19)33-16-13-18(3)4/h5-12,17-18H,1-2,13-16H2,3-4H3,(H2,27,28,30,34). The van der Waals surface area contributed by atoms with Crippen molar-refractivity contribution in [1.29, 1.82) is 0 Å². The van der Waals surface area contributed by atoms with Crippen LogP contribution in [0.5, 0.6) is 5.75 Å². The van der Waals surface area contributed by atoms with Gasteiger partial charge in [0.1, 0.15) is 5.75 Å². The lowest BCUT2D eigenvalue weighted by Gasteiger charge is -2.19. The SMILES string of the molecule is C=CCN(CC=C)S(=O)(=O)c1ccc(NC(=S)NC(=O)c2ccc(OCCC(C)C)c(Br)c2)cc1. The van der Waals surface area contributed by atoms with Gasteiger partial charge in [-0.1, -0.05) is 26.0 Å². The minimum absolute atomic E-state index is 0.0823. The van der Waals surface area contributed by atoms with Gasteiger partial charge in [0.15, 0.2) is 5.11 Å². The van der Waals surface area contributed by atoms with Crippen molar-refractivity contribution in [2.45, 2.75) is 25.2 Å². The predicted molar refractivity (Wildman–Crippen MR) is 148 cm³/mol. The van der Waals surface area contributed by atoms with Crippen molar-refractivity contribution in [3.63, 3.8) is 0 Å². The molecule has 0 spiro atoms. The molecule has 0 unspecified atom stereocenters. The third-order valence-electron chi connectivity index (χ3n) is 4.79. The van der Waals surface area contributed by atoms with E-state index in [9.17, 15) is 13.2 Å². The fourth-order valence-electron chi connectivity index (χ4n) is 2.92. The highest BCUT2D eigenvalue weighted by molar-refractivity contribution is 9.10. The Morgan fingerprint density at radius 2 is 1.77 bits per heavy atom. The van der Waals surface area contributed by atoms with Crippen LogP contribution in [-0.4, -0.2) is 43.4 Å². The molecule has 0 saturated heterocycles. The molecule has 2 rings (SSSR count). The van der Waals surface area contributed by atoms with E-state index in [1.165, 1.54) is 28.6 Å². The first kappa shape index (κ1) is 28.7. The molecular formula is C25H30BrN3O4S2. The number of hydrogen-bond acceptors (Lipinski definition) is 5. The van der Waals surface area contributed by atoms with Gasteiger partial charge in [-0.25, -0.2) is 8.42 Å². The smallest absolute Gasteiger partial charge is 0.257 e. The largest absolute Gasteiger partial charge is 0.492 e. The van der Waals surface area contributed by atoms with Gasteiger partial charge >= 0.3 is 0 Å². The molecule has 0 bridgehead atoms. The van der Waals surface area contributed by atoms with E-state index in [1.807, 2.05) is 0 Å². The van der Waals surface area contributed by atoms with Crippen LogP contribution in [0.2, 0.25) is 0 Å². The van der Waals surface area contributed by atoms with Gasteiger partial charge in [-0.15, -0.1) is 13.2 Å². The van der Waals surface area contributed by atoms with Crippen LogP contribution in [0.3, 0.4) is 0 Å². The molecule has 0 aromatic heterocycles.